The van der Waals surface area contributed by atoms with Crippen molar-refractivity contribution < 1.29 is 9.53 Å². The number of hydrogen-bond acceptors (Lipinski definition) is 5. The van der Waals surface area contributed by atoms with Gasteiger partial charge < -0.3 is 14.6 Å². The van der Waals surface area contributed by atoms with Crippen molar-refractivity contribution in [3.63, 3.8) is 0 Å². The molecule has 4 rings (SSSR count). The van der Waals surface area contributed by atoms with Crippen LogP contribution in [0.4, 0.5) is 0 Å². The Kier molecular flexibility index (Phi) is 6.34. The zero-order chi connectivity index (χ0) is 19.2. The van der Waals surface area contributed by atoms with Crippen molar-refractivity contribution in [2.45, 2.75) is 57.4 Å². The van der Waals surface area contributed by atoms with Crippen molar-refractivity contribution >= 4 is 5.91 Å². The quantitative estimate of drug-likeness (QED) is 0.829. The van der Waals surface area contributed by atoms with Gasteiger partial charge in [-0.05, 0) is 24.5 Å². The van der Waals surface area contributed by atoms with Crippen LogP contribution in [0, 0.1) is 0 Å². The van der Waals surface area contributed by atoms with Gasteiger partial charge in [-0.15, -0.1) is 0 Å². The largest absolute Gasteiger partial charge is 0.370 e. The number of hydrogen-bond donors (Lipinski definition) is 1. The predicted molar refractivity (Wildman–Crippen MR) is 105 cm³/mol. The first kappa shape index (κ1) is 19.1. The van der Waals surface area contributed by atoms with Gasteiger partial charge in [0.25, 0.3) is 0 Å². The molecule has 1 unspecified atom stereocenters. The monoisotopic (exact) mass is 383 g/mol. The summed E-state index contributed by atoms with van der Waals surface area (Å²) in [4.78, 5) is 28.9. The Balaban J connectivity index is 1.46. The van der Waals surface area contributed by atoms with E-state index in [9.17, 15) is 4.79 Å². The van der Waals surface area contributed by atoms with Crippen LogP contribution >= 0.6 is 0 Å². The Bertz CT molecular complexity index is 731. The highest BCUT2D eigenvalue weighted by Gasteiger charge is 2.33. The molecule has 1 saturated heterocycles. The van der Waals surface area contributed by atoms with E-state index in [4.69, 9.17) is 4.74 Å². The van der Waals surface area contributed by atoms with E-state index in [0.717, 1.165) is 30.8 Å². The Morgan fingerprint density at radius 2 is 2.07 bits per heavy atom. The number of ether oxygens (including phenoxy) is 1. The van der Waals surface area contributed by atoms with E-state index in [-0.39, 0.29) is 12.0 Å². The molecule has 1 amide bonds. The molecule has 0 bridgehead atoms. The van der Waals surface area contributed by atoms with Crippen LogP contribution in [0.2, 0.25) is 0 Å². The first-order chi connectivity index (χ1) is 13.8. The first-order valence-electron chi connectivity index (χ1n) is 10.3. The number of nitrogens with zero attached hydrogens (tertiary/aromatic N) is 4. The molecule has 1 saturated carbocycles. The number of aromatic amines is 1. The van der Waals surface area contributed by atoms with Crippen LogP contribution in [0.5, 0.6) is 0 Å². The highest BCUT2D eigenvalue weighted by Crippen LogP contribution is 2.25. The average molecular weight is 383 g/mol. The second-order valence-electron chi connectivity index (χ2n) is 7.84. The van der Waals surface area contributed by atoms with Gasteiger partial charge in [0.1, 0.15) is 5.82 Å². The molecular formula is C21H29N5O2. The molecule has 2 aromatic heterocycles. The smallest absolute Gasteiger partial charge is 0.237 e. The number of nitrogens with one attached hydrogen (secondary N) is 1. The van der Waals surface area contributed by atoms with E-state index in [0.29, 0.717) is 32.3 Å². The number of amides is 1. The molecule has 0 spiro atoms. The fraction of sp³-hybridized carbons (Fsp3) is 0.571. The summed E-state index contributed by atoms with van der Waals surface area (Å²) in [5.74, 6) is 1.09. The van der Waals surface area contributed by atoms with Crippen molar-refractivity contribution in [2.24, 2.45) is 0 Å². The van der Waals surface area contributed by atoms with E-state index >= 15 is 0 Å². The molecule has 150 valence electrons. The van der Waals surface area contributed by atoms with Crippen molar-refractivity contribution in [2.75, 3.05) is 19.6 Å². The van der Waals surface area contributed by atoms with Gasteiger partial charge in [-0.25, -0.2) is 4.98 Å². The van der Waals surface area contributed by atoms with Gasteiger partial charge in [0, 0.05) is 43.9 Å². The molecule has 7 heteroatoms. The Morgan fingerprint density at radius 3 is 2.82 bits per heavy atom. The molecule has 1 aliphatic heterocycles. The van der Waals surface area contributed by atoms with Crippen LogP contribution in [-0.2, 0) is 22.7 Å². The first-order valence-corrected chi connectivity index (χ1v) is 10.3. The van der Waals surface area contributed by atoms with E-state index < -0.39 is 0 Å². The molecule has 1 aliphatic carbocycles. The van der Waals surface area contributed by atoms with Crippen molar-refractivity contribution in [1.29, 1.82) is 0 Å². The summed E-state index contributed by atoms with van der Waals surface area (Å²) in [5, 5.41) is 0. The third-order valence-electron chi connectivity index (χ3n) is 5.69. The van der Waals surface area contributed by atoms with E-state index in [1.807, 2.05) is 24.5 Å². The van der Waals surface area contributed by atoms with E-state index in [2.05, 4.69) is 24.8 Å². The van der Waals surface area contributed by atoms with Crippen molar-refractivity contribution in [1.82, 2.24) is 24.8 Å². The van der Waals surface area contributed by atoms with Crippen molar-refractivity contribution in [3.05, 3.63) is 48.3 Å². The summed E-state index contributed by atoms with van der Waals surface area (Å²) in [6, 6.07) is 4.30. The zero-order valence-electron chi connectivity index (χ0n) is 16.3. The van der Waals surface area contributed by atoms with Crippen molar-refractivity contribution in [3.8, 4) is 0 Å². The molecule has 28 heavy (non-hydrogen) atoms. The lowest BCUT2D eigenvalue weighted by Gasteiger charge is -2.35. The fourth-order valence-corrected chi connectivity index (χ4v) is 4.28. The van der Waals surface area contributed by atoms with Gasteiger partial charge >= 0.3 is 0 Å². The van der Waals surface area contributed by atoms with Crippen LogP contribution in [0.15, 0.2) is 36.9 Å². The molecule has 3 heterocycles. The molecule has 1 N–H and O–H groups in total. The van der Waals surface area contributed by atoms with Crippen LogP contribution < -0.4 is 0 Å². The highest BCUT2D eigenvalue weighted by atomic mass is 16.5. The second kappa shape index (κ2) is 9.30. The summed E-state index contributed by atoms with van der Waals surface area (Å²) in [7, 11) is 0. The third kappa shape index (κ3) is 4.97. The van der Waals surface area contributed by atoms with Crippen LogP contribution in [0.25, 0.3) is 0 Å². The van der Waals surface area contributed by atoms with Gasteiger partial charge in [0.15, 0.2) is 0 Å². The number of aromatic nitrogens is 3. The summed E-state index contributed by atoms with van der Waals surface area (Å²) in [6.45, 7) is 2.95. The minimum atomic E-state index is -0.0245. The SMILES string of the molecule is O=C1CN(Cc2ncc[nH]2)CC(OCc2cccnc2)CN1C1CCCCC1. The minimum Gasteiger partial charge on any atom is -0.370 e. The predicted octanol–water partition coefficient (Wildman–Crippen LogP) is 2.37. The standard InChI is InChI=1S/C21H29N5O2/c27-21-15-25(14-20-23-9-10-24-20)12-19(28-16-17-5-4-8-22-11-17)13-26(21)18-6-2-1-3-7-18/h4-5,8-11,18-19H,1-3,6-7,12-16H2,(H,23,24). The summed E-state index contributed by atoms with van der Waals surface area (Å²) < 4.78 is 6.26. The van der Waals surface area contributed by atoms with Gasteiger partial charge in [-0.3, -0.25) is 14.7 Å². The third-order valence-corrected chi connectivity index (χ3v) is 5.69. The van der Waals surface area contributed by atoms with Crippen LogP contribution in [0.3, 0.4) is 0 Å². The maximum Gasteiger partial charge on any atom is 0.237 e. The molecule has 2 aliphatic rings. The van der Waals surface area contributed by atoms with Gasteiger partial charge in [-0.2, -0.15) is 0 Å². The Hall–Kier alpha value is -2.25. The molecule has 0 radical (unpaired) electrons. The Morgan fingerprint density at radius 1 is 1.18 bits per heavy atom. The van der Waals surface area contributed by atoms with E-state index in [1.54, 1.807) is 12.4 Å². The normalized spacial score (nSPS) is 22.4. The van der Waals surface area contributed by atoms with Gasteiger partial charge in [0.05, 0.1) is 25.8 Å². The number of carbonyl (C=O) groups excluding carboxylic acids is 1. The zero-order valence-corrected chi connectivity index (χ0v) is 16.3. The lowest BCUT2D eigenvalue weighted by molar-refractivity contribution is -0.135. The van der Waals surface area contributed by atoms with E-state index in [1.165, 1.54) is 19.3 Å². The number of H-pyrrole nitrogens is 1. The lowest BCUT2D eigenvalue weighted by Crippen LogP contribution is -2.45. The molecule has 0 aromatic carbocycles. The van der Waals surface area contributed by atoms with Crippen LogP contribution in [-0.4, -0.2) is 62.4 Å². The van der Waals surface area contributed by atoms with Gasteiger partial charge in [0.2, 0.25) is 5.91 Å². The highest BCUT2D eigenvalue weighted by molar-refractivity contribution is 5.79. The maximum absolute atomic E-state index is 13.1. The molecule has 2 aromatic rings. The second-order valence-corrected chi connectivity index (χ2v) is 7.84. The molecule has 1 atom stereocenters. The fourth-order valence-electron chi connectivity index (χ4n) is 4.28. The number of imidazole rings is 1. The summed E-state index contributed by atoms with van der Waals surface area (Å²) >= 11 is 0. The minimum absolute atomic E-state index is 0.0245. The average Bonchev–Trinajstić information content (AvgIpc) is 3.18. The number of rotatable bonds is 6. The number of pyridine rings is 1. The van der Waals surface area contributed by atoms with Crippen LogP contribution in [0.1, 0.15) is 43.5 Å². The summed E-state index contributed by atoms with van der Waals surface area (Å²) in [6.07, 6.45) is 13.1. The summed E-state index contributed by atoms with van der Waals surface area (Å²) in [5.41, 5.74) is 1.06. The molecular weight excluding hydrogens is 354 g/mol. The number of carbonyl (C=O) groups is 1. The maximum atomic E-state index is 13.1. The Labute approximate surface area is 166 Å². The van der Waals surface area contributed by atoms with Gasteiger partial charge in [-0.1, -0.05) is 25.3 Å². The molecule has 2 fully saturated rings. The topological polar surface area (TPSA) is 74.3 Å². The lowest BCUT2D eigenvalue weighted by atomic mass is 9.94. The molecule has 7 nitrogen and oxygen atoms in total.